The van der Waals surface area contributed by atoms with Gasteiger partial charge in [0.1, 0.15) is 5.75 Å². The van der Waals surface area contributed by atoms with Crippen LogP contribution in [0.4, 0.5) is 5.69 Å². The first kappa shape index (κ1) is 15.3. The van der Waals surface area contributed by atoms with Gasteiger partial charge in [0.2, 0.25) is 5.91 Å². The van der Waals surface area contributed by atoms with E-state index in [0.29, 0.717) is 11.4 Å². The number of hydrogen-bond acceptors (Lipinski definition) is 4. The average Bonchev–Trinajstić information content (AvgIpc) is 3.29. The van der Waals surface area contributed by atoms with Crippen molar-refractivity contribution in [3.05, 3.63) is 48.3 Å². The van der Waals surface area contributed by atoms with E-state index >= 15 is 0 Å². The zero-order valence-electron chi connectivity index (χ0n) is 13.2. The van der Waals surface area contributed by atoms with E-state index in [1.54, 1.807) is 36.7 Å². The van der Waals surface area contributed by atoms with E-state index in [2.05, 4.69) is 10.3 Å². The van der Waals surface area contributed by atoms with E-state index < -0.39 is 0 Å². The molecule has 0 radical (unpaired) electrons. The Hall–Kier alpha value is -2.56. The summed E-state index contributed by atoms with van der Waals surface area (Å²) < 4.78 is 5.66. The fourth-order valence-corrected chi connectivity index (χ4v) is 2.67. The average molecular weight is 312 g/mol. The van der Waals surface area contributed by atoms with Crippen LogP contribution in [0.2, 0.25) is 0 Å². The Morgan fingerprint density at radius 3 is 2.96 bits per heavy atom. The molecule has 1 heterocycles. The van der Waals surface area contributed by atoms with Crippen LogP contribution in [0.1, 0.15) is 31.7 Å². The Morgan fingerprint density at radius 1 is 1.39 bits per heavy atom. The summed E-state index contributed by atoms with van der Waals surface area (Å²) in [4.78, 5) is 16.5. The van der Waals surface area contributed by atoms with Gasteiger partial charge in [0.25, 0.3) is 0 Å². The smallest absolute Gasteiger partial charge is 0.228 e. The molecule has 1 aromatic carbocycles. The Balaban J connectivity index is 1.67. The molecule has 2 atom stereocenters. The second-order valence-corrected chi connectivity index (χ2v) is 6.07. The highest BCUT2D eigenvalue weighted by atomic mass is 16.5. The predicted octanol–water partition coefficient (Wildman–Crippen LogP) is 3.32. The Kier molecular flexibility index (Phi) is 4.19. The monoisotopic (exact) mass is 312 g/mol. The minimum atomic E-state index is -0.0723. The van der Waals surface area contributed by atoms with Crippen LogP contribution in [0.25, 0.3) is 0 Å². The number of nitrogens with zero attached hydrogens (tertiary/aromatic N) is 1. The fraction of sp³-hybridized carbons (Fsp3) is 0.333. The van der Waals surface area contributed by atoms with Gasteiger partial charge in [0.15, 0.2) is 5.75 Å². The number of aromatic hydroxyl groups is 1. The van der Waals surface area contributed by atoms with Gasteiger partial charge in [0, 0.05) is 12.1 Å². The number of pyridine rings is 1. The van der Waals surface area contributed by atoms with E-state index in [0.717, 1.165) is 12.0 Å². The number of carbonyl (C=O) groups excluding carboxylic acids is 1. The molecule has 1 aliphatic carbocycles. The molecular weight excluding hydrogens is 292 g/mol. The number of hydrogen-bond donors (Lipinski definition) is 2. The molecule has 1 amide bonds. The van der Waals surface area contributed by atoms with Crippen LogP contribution >= 0.6 is 0 Å². The number of anilines is 1. The lowest BCUT2D eigenvalue weighted by atomic mass is 10.1. The van der Waals surface area contributed by atoms with E-state index in [4.69, 9.17) is 4.74 Å². The van der Waals surface area contributed by atoms with Gasteiger partial charge in [-0.25, -0.2) is 0 Å². The summed E-state index contributed by atoms with van der Waals surface area (Å²) in [6.07, 6.45) is 4.04. The third-order valence-electron chi connectivity index (χ3n) is 3.83. The maximum Gasteiger partial charge on any atom is 0.228 e. The molecule has 0 aliphatic heterocycles. The van der Waals surface area contributed by atoms with Crippen molar-refractivity contribution in [2.45, 2.75) is 32.3 Å². The van der Waals surface area contributed by atoms with Gasteiger partial charge in [0.05, 0.1) is 18.0 Å². The normalized spacial score (nSPS) is 19.4. The van der Waals surface area contributed by atoms with Gasteiger partial charge in [-0.15, -0.1) is 0 Å². The molecule has 0 spiro atoms. The number of amides is 1. The molecule has 0 bridgehead atoms. The van der Waals surface area contributed by atoms with Gasteiger partial charge < -0.3 is 15.2 Å². The minimum Gasteiger partial charge on any atom is -0.508 e. The van der Waals surface area contributed by atoms with Crippen LogP contribution in [0.3, 0.4) is 0 Å². The molecule has 5 nitrogen and oxygen atoms in total. The zero-order chi connectivity index (χ0) is 16.4. The van der Waals surface area contributed by atoms with Crippen LogP contribution in [-0.2, 0) is 4.79 Å². The zero-order valence-corrected chi connectivity index (χ0v) is 13.2. The summed E-state index contributed by atoms with van der Waals surface area (Å²) in [5.74, 6) is 0.870. The van der Waals surface area contributed by atoms with Crippen LogP contribution in [-0.4, -0.2) is 22.1 Å². The molecule has 1 saturated carbocycles. The summed E-state index contributed by atoms with van der Waals surface area (Å²) in [7, 11) is 0. The molecule has 0 unspecified atom stereocenters. The van der Waals surface area contributed by atoms with Crippen molar-refractivity contribution in [2.75, 3.05) is 5.32 Å². The van der Waals surface area contributed by atoms with E-state index in [-0.39, 0.29) is 29.6 Å². The maximum absolute atomic E-state index is 12.4. The van der Waals surface area contributed by atoms with Gasteiger partial charge in [-0.1, -0.05) is 12.1 Å². The molecule has 5 heteroatoms. The highest BCUT2D eigenvalue weighted by molar-refractivity contribution is 5.96. The van der Waals surface area contributed by atoms with Gasteiger partial charge in [-0.3, -0.25) is 9.78 Å². The molecule has 120 valence electrons. The second kappa shape index (κ2) is 6.28. The van der Waals surface area contributed by atoms with Crippen molar-refractivity contribution in [1.29, 1.82) is 0 Å². The number of ether oxygens (including phenoxy) is 1. The quantitative estimate of drug-likeness (QED) is 0.888. The lowest BCUT2D eigenvalue weighted by Gasteiger charge is -2.14. The predicted molar refractivity (Wildman–Crippen MR) is 87.6 cm³/mol. The molecule has 0 saturated heterocycles. The summed E-state index contributed by atoms with van der Waals surface area (Å²) in [6.45, 7) is 3.86. The Labute approximate surface area is 135 Å². The van der Waals surface area contributed by atoms with E-state index in [9.17, 15) is 9.90 Å². The molecule has 2 N–H and O–H groups in total. The summed E-state index contributed by atoms with van der Waals surface area (Å²) in [5, 5.41) is 12.5. The van der Waals surface area contributed by atoms with Crippen LogP contribution in [0, 0.1) is 5.92 Å². The first-order valence-corrected chi connectivity index (χ1v) is 7.75. The first-order chi connectivity index (χ1) is 11.0. The molecule has 23 heavy (non-hydrogen) atoms. The lowest BCUT2D eigenvalue weighted by Crippen LogP contribution is -2.16. The summed E-state index contributed by atoms with van der Waals surface area (Å²) in [5.41, 5.74) is 1.64. The van der Waals surface area contributed by atoms with Gasteiger partial charge in [-0.2, -0.15) is 0 Å². The Bertz CT molecular complexity index is 715. The molecular formula is C18H20N2O3. The molecule has 1 aliphatic rings. The first-order valence-electron chi connectivity index (χ1n) is 7.75. The minimum absolute atomic E-state index is 0.0100. The standard InChI is InChI=1S/C18H20N2O3/c1-11(2)23-17-10-19-7-6-16(17)20-18(22)15-9-14(15)12-4-3-5-13(21)8-12/h3-8,10-11,14-15,21H,9H2,1-2H3,(H,19,20,22)/t14-,15+/m0/s1. The second-order valence-electron chi connectivity index (χ2n) is 6.07. The molecule has 2 aromatic rings. The third-order valence-corrected chi connectivity index (χ3v) is 3.83. The molecule has 1 fully saturated rings. The highest BCUT2D eigenvalue weighted by Gasteiger charge is 2.44. The van der Waals surface area contributed by atoms with Crippen molar-refractivity contribution < 1.29 is 14.6 Å². The number of phenolic OH excluding ortho intramolecular Hbond substituents is 1. The van der Waals surface area contributed by atoms with Crippen molar-refractivity contribution in [2.24, 2.45) is 5.92 Å². The third kappa shape index (κ3) is 3.62. The van der Waals surface area contributed by atoms with Crippen LogP contribution in [0.15, 0.2) is 42.7 Å². The SMILES string of the molecule is CC(C)Oc1cnccc1NC(=O)[C@@H]1C[C@H]1c1cccc(O)c1. The van der Waals surface area contributed by atoms with E-state index in [1.165, 1.54) is 0 Å². The lowest BCUT2D eigenvalue weighted by molar-refractivity contribution is -0.117. The maximum atomic E-state index is 12.4. The van der Waals surface area contributed by atoms with Crippen LogP contribution < -0.4 is 10.1 Å². The van der Waals surface area contributed by atoms with Crippen LogP contribution in [0.5, 0.6) is 11.5 Å². The fourth-order valence-electron chi connectivity index (χ4n) is 2.67. The molecule has 1 aromatic heterocycles. The number of carbonyl (C=O) groups is 1. The van der Waals surface area contributed by atoms with Crippen molar-refractivity contribution >= 4 is 11.6 Å². The topological polar surface area (TPSA) is 71.5 Å². The van der Waals surface area contributed by atoms with Gasteiger partial charge >= 0.3 is 0 Å². The highest BCUT2D eigenvalue weighted by Crippen LogP contribution is 2.48. The summed E-state index contributed by atoms with van der Waals surface area (Å²) >= 11 is 0. The number of aromatic nitrogens is 1. The largest absolute Gasteiger partial charge is 0.508 e. The van der Waals surface area contributed by atoms with E-state index in [1.807, 2.05) is 19.9 Å². The number of phenols is 1. The number of nitrogens with one attached hydrogen (secondary N) is 1. The number of benzene rings is 1. The van der Waals surface area contributed by atoms with Crippen molar-refractivity contribution in [1.82, 2.24) is 4.98 Å². The van der Waals surface area contributed by atoms with Gasteiger partial charge in [-0.05, 0) is 49.9 Å². The van der Waals surface area contributed by atoms with Crippen molar-refractivity contribution in [3.8, 4) is 11.5 Å². The number of rotatable bonds is 5. The Morgan fingerprint density at radius 2 is 2.22 bits per heavy atom. The summed E-state index contributed by atoms with van der Waals surface area (Å²) in [6, 6.07) is 8.83. The van der Waals surface area contributed by atoms with Crippen molar-refractivity contribution in [3.63, 3.8) is 0 Å². The molecule has 3 rings (SSSR count).